The van der Waals surface area contributed by atoms with Crippen LogP contribution in [0.15, 0.2) is 48.5 Å². The Labute approximate surface area is 146 Å². The summed E-state index contributed by atoms with van der Waals surface area (Å²) in [5, 5.41) is 11.4. The number of ketones is 2. The summed E-state index contributed by atoms with van der Waals surface area (Å²) in [6.07, 6.45) is 0.242. The van der Waals surface area contributed by atoms with Crippen molar-refractivity contribution in [2.75, 3.05) is 5.32 Å². The summed E-state index contributed by atoms with van der Waals surface area (Å²) in [7, 11) is 0. The number of carbonyl (C=O) groups is 3. The molecular weight excluding hydrogens is 316 g/mol. The number of nitrogens with one attached hydrogen (secondary N) is 1. The monoisotopic (exact) mass is 334 g/mol. The highest BCUT2D eigenvalue weighted by atomic mass is 16.2. The normalized spacial score (nSPS) is 9.92. The van der Waals surface area contributed by atoms with Gasteiger partial charge in [0.1, 0.15) is 11.6 Å². The average Bonchev–Trinajstić information content (AvgIpc) is 2.56. The van der Waals surface area contributed by atoms with Crippen LogP contribution in [-0.4, -0.2) is 17.5 Å². The average molecular weight is 334 g/mol. The van der Waals surface area contributed by atoms with Crippen LogP contribution in [0.4, 0.5) is 5.69 Å². The van der Waals surface area contributed by atoms with Gasteiger partial charge < -0.3 is 5.32 Å². The van der Waals surface area contributed by atoms with E-state index < -0.39 is 0 Å². The molecule has 0 saturated carbocycles. The molecule has 1 N–H and O–H groups in total. The summed E-state index contributed by atoms with van der Waals surface area (Å²) in [6.45, 7) is 1.43. The number of amides is 1. The summed E-state index contributed by atoms with van der Waals surface area (Å²) in [6, 6.07) is 15.7. The number of hydrogen-bond donors (Lipinski definition) is 1. The standard InChI is InChI=1S/C20H18N2O3/c1-14(23)22-18-8-6-16(7-9-18)11-20(25)12-19(24)10-15-2-4-17(13-21)5-3-15/h2-9H,10-12H2,1H3,(H,22,23). The van der Waals surface area contributed by atoms with Gasteiger partial charge >= 0.3 is 0 Å². The lowest BCUT2D eigenvalue weighted by Crippen LogP contribution is -2.12. The maximum Gasteiger partial charge on any atom is 0.221 e. The molecular formula is C20H18N2O3. The Morgan fingerprint density at radius 1 is 0.880 bits per heavy atom. The van der Waals surface area contributed by atoms with E-state index in [1.54, 1.807) is 48.5 Å². The Morgan fingerprint density at radius 2 is 1.36 bits per heavy atom. The zero-order valence-electron chi connectivity index (χ0n) is 13.9. The maximum absolute atomic E-state index is 12.0. The van der Waals surface area contributed by atoms with E-state index in [0.29, 0.717) is 11.3 Å². The molecule has 0 aliphatic heterocycles. The predicted molar refractivity (Wildman–Crippen MR) is 93.9 cm³/mol. The zero-order valence-corrected chi connectivity index (χ0v) is 13.9. The number of nitrogens with zero attached hydrogens (tertiary/aromatic N) is 1. The molecule has 0 aliphatic rings. The van der Waals surface area contributed by atoms with Gasteiger partial charge in [-0.25, -0.2) is 0 Å². The zero-order chi connectivity index (χ0) is 18.2. The molecule has 0 unspecified atom stereocenters. The van der Waals surface area contributed by atoms with Crippen LogP contribution in [0.2, 0.25) is 0 Å². The quantitative estimate of drug-likeness (QED) is 0.789. The molecule has 1 amide bonds. The Morgan fingerprint density at radius 3 is 1.80 bits per heavy atom. The summed E-state index contributed by atoms with van der Waals surface area (Å²) >= 11 is 0. The number of hydrogen-bond acceptors (Lipinski definition) is 4. The van der Waals surface area contributed by atoms with Crippen LogP contribution in [0, 0.1) is 11.3 Å². The molecule has 0 atom stereocenters. The van der Waals surface area contributed by atoms with Gasteiger partial charge in [-0.2, -0.15) is 5.26 Å². The number of Topliss-reactive ketones (excluding diaryl/α,β-unsaturated/α-hetero) is 2. The largest absolute Gasteiger partial charge is 0.326 e. The first-order chi connectivity index (χ1) is 12.0. The van der Waals surface area contributed by atoms with Crippen molar-refractivity contribution >= 4 is 23.2 Å². The van der Waals surface area contributed by atoms with Crippen LogP contribution in [0.5, 0.6) is 0 Å². The fraction of sp³-hybridized carbons (Fsp3) is 0.200. The van der Waals surface area contributed by atoms with E-state index >= 15 is 0 Å². The Balaban J connectivity index is 1.85. The highest BCUT2D eigenvalue weighted by Gasteiger charge is 2.11. The second-order valence-electron chi connectivity index (χ2n) is 5.79. The highest BCUT2D eigenvalue weighted by Crippen LogP contribution is 2.11. The van der Waals surface area contributed by atoms with Gasteiger partial charge in [0.2, 0.25) is 5.91 Å². The second kappa shape index (κ2) is 8.55. The molecule has 126 valence electrons. The van der Waals surface area contributed by atoms with E-state index in [4.69, 9.17) is 5.26 Å². The molecule has 0 bridgehead atoms. The third-order valence-electron chi connectivity index (χ3n) is 3.55. The number of rotatable bonds is 7. The topological polar surface area (TPSA) is 87.0 Å². The smallest absolute Gasteiger partial charge is 0.221 e. The first-order valence-electron chi connectivity index (χ1n) is 7.85. The minimum atomic E-state index is -0.155. The molecule has 0 radical (unpaired) electrons. The third-order valence-corrected chi connectivity index (χ3v) is 3.55. The molecule has 0 aliphatic carbocycles. The molecule has 5 heteroatoms. The Kier molecular flexibility index (Phi) is 6.19. The van der Waals surface area contributed by atoms with Crippen molar-refractivity contribution in [1.29, 1.82) is 5.26 Å². The van der Waals surface area contributed by atoms with E-state index in [1.165, 1.54) is 6.92 Å². The van der Waals surface area contributed by atoms with Crippen molar-refractivity contribution in [1.82, 2.24) is 0 Å². The van der Waals surface area contributed by atoms with Gasteiger partial charge in [-0.3, -0.25) is 14.4 Å². The van der Waals surface area contributed by atoms with Gasteiger partial charge in [-0.1, -0.05) is 24.3 Å². The second-order valence-corrected chi connectivity index (χ2v) is 5.79. The summed E-state index contributed by atoms with van der Waals surface area (Å²) in [5.41, 5.74) is 2.79. The van der Waals surface area contributed by atoms with E-state index in [2.05, 4.69) is 5.32 Å². The third kappa shape index (κ3) is 6.04. The maximum atomic E-state index is 12.0. The van der Waals surface area contributed by atoms with Crippen molar-refractivity contribution in [3.05, 3.63) is 65.2 Å². The Hall–Kier alpha value is -3.26. The molecule has 0 fully saturated rings. The summed E-state index contributed by atoms with van der Waals surface area (Å²) in [4.78, 5) is 35.0. The molecule has 5 nitrogen and oxygen atoms in total. The van der Waals surface area contributed by atoms with Gasteiger partial charge in [0, 0.05) is 25.5 Å². The minimum Gasteiger partial charge on any atom is -0.326 e. The molecule has 0 aromatic heterocycles. The van der Waals surface area contributed by atoms with E-state index in [0.717, 1.165) is 11.1 Å². The van der Waals surface area contributed by atoms with E-state index in [9.17, 15) is 14.4 Å². The lowest BCUT2D eigenvalue weighted by atomic mass is 10.0. The molecule has 0 saturated heterocycles. The van der Waals surface area contributed by atoms with Gasteiger partial charge in [0.05, 0.1) is 18.1 Å². The van der Waals surface area contributed by atoms with Crippen LogP contribution >= 0.6 is 0 Å². The first-order valence-corrected chi connectivity index (χ1v) is 7.85. The fourth-order valence-corrected chi connectivity index (χ4v) is 2.41. The van der Waals surface area contributed by atoms with Crippen molar-refractivity contribution in [2.24, 2.45) is 0 Å². The van der Waals surface area contributed by atoms with Crippen molar-refractivity contribution < 1.29 is 14.4 Å². The van der Waals surface area contributed by atoms with Crippen LogP contribution in [0.1, 0.15) is 30.0 Å². The highest BCUT2D eigenvalue weighted by molar-refractivity contribution is 6.00. The minimum absolute atomic E-state index is 0.118. The van der Waals surface area contributed by atoms with Crippen molar-refractivity contribution in [2.45, 2.75) is 26.2 Å². The molecule has 0 heterocycles. The van der Waals surface area contributed by atoms with Crippen molar-refractivity contribution in [3.8, 4) is 6.07 Å². The van der Waals surface area contributed by atoms with Crippen LogP contribution in [-0.2, 0) is 27.2 Å². The first kappa shape index (κ1) is 18.1. The van der Waals surface area contributed by atoms with Crippen LogP contribution in [0.25, 0.3) is 0 Å². The molecule has 2 rings (SSSR count). The molecule has 0 spiro atoms. The van der Waals surface area contributed by atoms with Crippen LogP contribution in [0.3, 0.4) is 0 Å². The van der Waals surface area contributed by atoms with Gasteiger partial charge in [0.25, 0.3) is 0 Å². The van der Waals surface area contributed by atoms with E-state index in [-0.39, 0.29) is 36.7 Å². The van der Waals surface area contributed by atoms with Crippen molar-refractivity contribution in [3.63, 3.8) is 0 Å². The number of benzene rings is 2. The number of anilines is 1. The van der Waals surface area contributed by atoms with Gasteiger partial charge in [0.15, 0.2) is 0 Å². The lowest BCUT2D eigenvalue weighted by Gasteiger charge is -2.05. The summed E-state index contributed by atoms with van der Waals surface area (Å²) < 4.78 is 0. The molecule has 2 aromatic carbocycles. The SMILES string of the molecule is CC(=O)Nc1ccc(CC(=O)CC(=O)Cc2ccc(C#N)cc2)cc1. The number of nitriles is 1. The summed E-state index contributed by atoms with van der Waals surface area (Å²) in [5.74, 6) is -0.451. The lowest BCUT2D eigenvalue weighted by molar-refractivity contribution is -0.126. The molecule has 2 aromatic rings. The fourth-order valence-electron chi connectivity index (χ4n) is 2.41. The van der Waals surface area contributed by atoms with Gasteiger partial charge in [-0.05, 0) is 35.4 Å². The van der Waals surface area contributed by atoms with Crippen LogP contribution < -0.4 is 5.32 Å². The van der Waals surface area contributed by atoms with Gasteiger partial charge in [-0.15, -0.1) is 0 Å². The number of carbonyl (C=O) groups excluding carboxylic acids is 3. The Bertz CT molecular complexity index is 816. The molecule has 25 heavy (non-hydrogen) atoms. The van der Waals surface area contributed by atoms with E-state index in [1.807, 2.05) is 6.07 Å². The predicted octanol–water partition coefficient (Wildman–Crippen LogP) is 2.83.